The minimum Gasteiger partial charge on any atom is -0.502 e. The van der Waals surface area contributed by atoms with Gasteiger partial charge in [0.1, 0.15) is 0 Å². The van der Waals surface area contributed by atoms with Crippen LogP contribution in [0.1, 0.15) is 39.5 Å². The predicted molar refractivity (Wildman–Crippen MR) is 58.9 cm³/mol. The Morgan fingerprint density at radius 2 is 2.21 bits per heavy atom. The smallest absolute Gasteiger partial charge is 0.0875 e. The van der Waals surface area contributed by atoms with Crippen molar-refractivity contribution in [3.8, 4) is 0 Å². The highest BCUT2D eigenvalue weighted by atomic mass is 16.5. The normalized spacial score (nSPS) is 38.6. The van der Waals surface area contributed by atoms with E-state index in [-0.39, 0.29) is 0 Å². The second kappa shape index (κ2) is 3.60. The molecule has 2 bridgehead atoms. The molecule has 3 aliphatic carbocycles. The van der Waals surface area contributed by atoms with Gasteiger partial charge in [0.2, 0.25) is 0 Å². The van der Waals surface area contributed by atoms with E-state index in [1.54, 1.807) is 6.26 Å². The first-order valence-corrected chi connectivity index (χ1v) is 5.88. The third-order valence-corrected chi connectivity index (χ3v) is 4.73. The van der Waals surface area contributed by atoms with Crippen molar-refractivity contribution in [2.45, 2.75) is 39.5 Å². The molecule has 0 aromatic carbocycles. The summed E-state index contributed by atoms with van der Waals surface area (Å²) in [6, 6.07) is 0. The van der Waals surface area contributed by atoms with Gasteiger partial charge >= 0.3 is 0 Å². The molecular formula is C13H22O. The van der Waals surface area contributed by atoms with E-state index in [0.717, 1.165) is 24.4 Å². The maximum absolute atomic E-state index is 5.23. The van der Waals surface area contributed by atoms with Crippen LogP contribution in [0.4, 0.5) is 0 Å². The molecule has 1 unspecified atom stereocenters. The number of ether oxygens (including phenoxy) is 1. The Bertz CT molecular complexity index is 217. The van der Waals surface area contributed by atoms with Gasteiger partial charge in [-0.2, -0.15) is 0 Å². The average Bonchev–Trinajstić information content (AvgIpc) is 2.18. The highest BCUT2D eigenvalue weighted by molar-refractivity contribution is 5.03. The number of hydrogen-bond donors (Lipinski definition) is 0. The van der Waals surface area contributed by atoms with Crippen molar-refractivity contribution in [1.82, 2.24) is 0 Å². The van der Waals surface area contributed by atoms with Gasteiger partial charge in [0, 0.05) is 0 Å². The molecule has 80 valence electrons. The zero-order chi connectivity index (χ0) is 10.2. The van der Waals surface area contributed by atoms with Gasteiger partial charge in [-0.15, -0.1) is 0 Å². The topological polar surface area (TPSA) is 9.23 Å². The predicted octanol–water partition coefficient (Wildman–Crippen LogP) is 3.61. The average molecular weight is 194 g/mol. The van der Waals surface area contributed by atoms with Crippen LogP contribution in [0.15, 0.2) is 12.8 Å². The first-order chi connectivity index (χ1) is 6.66. The molecule has 0 aromatic rings. The number of rotatable bonds is 4. The summed E-state index contributed by atoms with van der Waals surface area (Å²) >= 11 is 0. The molecule has 0 N–H and O–H groups in total. The standard InChI is InChI=1S/C13H22O/c1-4-14-8-7-10-5-6-11-9-12(10)13(11,2)3/h4,10-12H,1,5-9H2,2-3H3/t10?,11-,12-/m1/s1. The molecule has 3 fully saturated rings. The fraction of sp³-hybridized carbons (Fsp3) is 0.846. The van der Waals surface area contributed by atoms with Gasteiger partial charge in [-0.1, -0.05) is 20.4 Å². The minimum absolute atomic E-state index is 0.622. The Labute approximate surface area is 87.5 Å². The SMILES string of the molecule is C=COCCC1CC[C@@H]2C[C@H]1C2(C)C. The zero-order valence-electron chi connectivity index (χ0n) is 9.46. The van der Waals surface area contributed by atoms with Gasteiger partial charge < -0.3 is 4.74 Å². The minimum atomic E-state index is 0.622. The lowest BCUT2D eigenvalue weighted by Crippen LogP contribution is -2.52. The van der Waals surface area contributed by atoms with Crippen molar-refractivity contribution in [2.24, 2.45) is 23.2 Å². The van der Waals surface area contributed by atoms with E-state index in [4.69, 9.17) is 4.74 Å². The van der Waals surface area contributed by atoms with E-state index in [1.165, 1.54) is 25.7 Å². The molecule has 3 atom stereocenters. The highest BCUT2D eigenvalue weighted by Gasteiger charge is 2.53. The molecular weight excluding hydrogens is 172 g/mol. The highest BCUT2D eigenvalue weighted by Crippen LogP contribution is 2.61. The van der Waals surface area contributed by atoms with Crippen molar-refractivity contribution in [3.05, 3.63) is 12.8 Å². The lowest BCUT2D eigenvalue weighted by atomic mass is 9.45. The summed E-state index contributed by atoms with van der Waals surface area (Å²) in [6.45, 7) is 9.35. The van der Waals surface area contributed by atoms with Gasteiger partial charge in [-0.3, -0.25) is 0 Å². The van der Waals surface area contributed by atoms with Crippen LogP contribution in [0.3, 0.4) is 0 Å². The summed E-state index contributed by atoms with van der Waals surface area (Å²) in [5.74, 6) is 2.90. The van der Waals surface area contributed by atoms with E-state index in [0.29, 0.717) is 5.41 Å². The summed E-state index contributed by atoms with van der Waals surface area (Å²) < 4.78 is 5.23. The fourth-order valence-corrected chi connectivity index (χ4v) is 3.61. The zero-order valence-corrected chi connectivity index (χ0v) is 9.46. The molecule has 0 aromatic heterocycles. The fourth-order valence-electron chi connectivity index (χ4n) is 3.61. The maximum atomic E-state index is 5.23. The molecule has 3 aliphatic rings. The van der Waals surface area contributed by atoms with Crippen molar-refractivity contribution in [3.63, 3.8) is 0 Å². The van der Waals surface area contributed by atoms with Gasteiger partial charge in [0.25, 0.3) is 0 Å². The summed E-state index contributed by atoms with van der Waals surface area (Å²) in [4.78, 5) is 0. The van der Waals surface area contributed by atoms with Crippen LogP contribution in [0.25, 0.3) is 0 Å². The molecule has 3 rings (SSSR count). The van der Waals surface area contributed by atoms with Crippen molar-refractivity contribution in [2.75, 3.05) is 6.61 Å². The summed E-state index contributed by atoms with van der Waals surface area (Å²) in [7, 11) is 0. The molecule has 0 heterocycles. The van der Waals surface area contributed by atoms with Crippen LogP contribution >= 0.6 is 0 Å². The van der Waals surface area contributed by atoms with E-state index in [1.807, 2.05) is 0 Å². The molecule has 0 saturated heterocycles. The van der Waals surface area contributed by atoms with Crippen LogP contribution in [-0.2, 0) is 4.74 Å². The molecule has 3 saturated carbocycles. The molecule has 14 heavy (non-hydrogen) atoms. The molecule has 0 spiro atoms. The monoisotopic (exact) mass is 194 g/mol. The van der Waals surface area contributed by atoms with Crippen LogP contribution in [-0.4, -0.2) is 6.61 Å². The summed E-state index contributed by atoms with van der Waals surface area (Å²) in [5, 5.41) is 0. The molecule has 1 heteroatoms. The first kappa shape index (κ1) is 10.1. The second-order valence-electron chi connectivity index (χ2n) is 5.52. The summed E-state index contributed by atoms with van der Waals surface area (Å²) in [6.07, 6.45) is 7.15. The van der Waals surface area contributed by atoms with Gasteiger partial charge in [0.05, 0.1) is 12.9 Å². The van der Waals surface area contributed by atoms with Gasteiger partial charge in [0.15, 0.2) is 0 Å². The lowest BCUT2D eigenvalue weighted by Gasteiger charge is -2.60. The Kier molecular flexibility index (Phi) is 2.59. The van der Waals surface area contributed by atoms with E-state index in [2.05, 4.69) is 20.4 Å². The first-order valence-electron chi connectivity index (χ1n) is 5.88. The Morgan fingerprint density at radius 3 is 2.79 bits per heavy atom. The molecule has 1 nitrogen and oxygen atoms in total. The summed E-state index contributed by atoms with van der Waals surface area (Å²) in [5.41, 5.74) is 0.622. The third kappa shape index (κ3) is 1.47. The Morgan fingerprint density at radius 1 is 1.43 bits per heavy atom. The van der Waals surface area contributed by atoms with Crippen molar-refractivity contribution >= 4 is 0 Å². The van der Waals surface area contributed by atoms with Crippen molar-refractivity contribution in [1.29, 1.82) is 0 Å². The van der Waals surface area contributed by atoms with Crippen LogP contribution in [0.2, 0.25) is 0 Å². The molecule has 0 radical (unpaired) electrons. The van der Waals surface area contributed by atoms with Crippen LogP contribution in [0.5, 0.6) is 0 Å². The Balaban J connectivity index is 1.85. The Hall–Kier alpha value is -0.460. The lowest BCUT2D eigenvalue weighted by molar-refractivity contribution is -0.109. The van der Waals surface area contributed by atoms with Crippen molar-refractivity contribution < 1.29 is 4.74 Å². The largest absolute Gasteiger partial charge is 0.502 e. The maximum Gasteiger partial charge on any atom is 0.0875 e. The molecule has 0 amide bonds. The number of fused-ring (bicyclic) bond motifs is 2. The third-order valence-electron chi connectivity index (χ3n) is 4.73. The quantitative estimate of drug-likeness (QED) is 0.490. The van der Waals surface area contributed by atoms with Crippen LogP contribution in [0, 0.1) is 23.2 Å². The number of hydrogen-bond acceptors (Lipinski definition) is 1. The van der Waals surface area contributed by atoms with Gasteiger partial charge in [-0.05, 0) is 48.9 Å². The van der Waals surface area contributed by atoms with Crippen LogP contribution < -0.4 is 0 Å². The van der Waals surface area contributed by atoms with Gasteiger partial charge in [-0.25, -0.2) is 0 Å². The van der Waals surface area contributed by atoms with E-state index in [9.17, 15) is 0 Å². The second-order valence-corrected chi connectivity index (χ2v) is 5.52. The van der Waals surface area contributed by atoms with E-state index >= 15 is 0 Å². The van der Waals surface area contributed by atoms with E-state index < -0.39 is 0 Å². The molecule has 0 aliphatic heterocycles.